The molecule has 2 aliphatic rings. The highest BCUT2D eigenvalue weighted by atomic mass is 16.5. The first-order valence-electron chi connectivity index (χ1n) is 9.37. The predicted octanol–water partition coefficient (Wildman–Crippen LogP) is 2.56. The van der Waals surface area contributed by atoms with E-state index in [4.69, 9.17) is 4.74 Å². The molecule has 0 aliphatic carbocycles. The summed E-state index contributed by atoms with van der Waals surface area (Å²) in [6, 6.07) is 0.566. The summed E-state index contributed by atoms with van der Waals surface area (Å²) >= 11 is 0. The van der Waals surface area contributed by atoms with Gasteiger partial charge in [0.25, 0.3) is 0 Å². The second-order valence-electron chi connectivity index (χ2n) is 7.47. The van der Waals surface area contributed by atoms with Crippen LogP contribution in [-0.4, -0.2) is 67.8 Å². The van der Waals surface area contributed by atoms with Crippen LogP contribution in [0.5, 0.6) is 0 Å². The number of carbonyl (C=O) groups is 1. The van der Waals surface area contributed by atoms with Gasteiger partial charge in [-0.05, 0) is 58.0 Å². The van der Waals surface area contributed by atoms with Gasteiger partial charge >= 0.3 is 6.03 Å². The van der Waals surface area contributed by atoms with E-state index >= 15 is 0 Å². The largest absolute Gasteiger partial charge is 0.378 e. The molecule has 5 nitrogen and oxygen atoms in total. The van der Waals surface area contributed by atoms with E-state index in [9.17, 15) is 4.79 Å². The van der Waals surface area contributed by atoms with E-state index in [1.807, 2.05) is 6.92 Å². The fourth-order valence-corrected chi connectivity index (χ4v) is 4.08. The zero-order valence-electron chi connectivity index (χ0n) is 15.4. The van der Waals surface area contributed by atoms with Gasteiger partial charge in [0.1, 0.15) is 0 Å². The number of hydrogen-bond donors (Lipinski definition) is 1. The summed E-state index contributed by atoms with van der Waals surface area (Å²) in [6.45, 7) is 11.0. The Morgan fingerprint density at radius 3 is 2.78 bits per heavy atom. The Morgan fingerprint density at radius 1 is 1.30 bits per heavy atom. The first-order valence-corrected chi connectivity index (χ1v) is 9.37. The Morgan fingerprint density at radius 2 is 2.09 bits per heavy atom. The van der Waals surface area contributed by atoms with Gasteiger partial charge in [0.05, 0.1) is 6.10 Å². The van der Waals surface area contributed by atoms with E-state index < -0.39 is 0 Å². The number of carbonyl (C=O) groups excluding carboxylic acids is 1. The topological polar surface area (TPSA) is 44.8 Å². The number of hydrogen-bond acceptors (Lipinski definition) is 3. The van der Waals surface area contributed by atoms with Crippen LogP contribution in [0.15, 0.2) is 0 Å². The SMILES string of the molecule is CCOC(CCNC(=O)N1CCCC2CN(C)CCC21)C(C)C. The minimum atomic E-state index is 0.128. The van der Waals surface area contributed by atoms with Crippen LogP contribution >= 0.6 is 0 Å². The van der Waals surface area contributed by atoms with Gasteiger partial charge in [-0.25, -0.2) is 4.79 Å². The molecule has 0 radical (unpaired) electrons. The molecule has 3 atom stereocenters. The molecule has 2 heterocycles. The maximum absolute atomic E-state index is 12.6. The summed E-state index contributed by atoms with van der Waals surface area (Å²) in [5.41, 5.74) is 0. The number of fused-ring (bicyclic) bond motifs is 1. The van der Waals surface area contributed by atoms with Crippen LogP contribution in [0.1, 0.15) is 46.5 Å². The van der Waals surface area contributed by atoms with Gasteiger partial charge in [-0.15, -0.1) is 0 Å². The van der Waals surface area contributed by atoms with Gasteiger partial charge in [-0.1, -0.05) is 13.8 Å². The lowest BCUT2D eigenvalue weighted by molar-refractivity contribution is 0.0242. The number of ether oxygens (including phenoxy) is 1. The van der Waals surface area contributed by atoms with Crippen molar-refractivity contribution in [2.45, 2.75) is 58.6 Å². The molecule has 5 heteroatoms. The monoisotopic (exact) mass is 325 g/mol. The van der Waals surface area contributed by atoms with E-state index in [2.05, 4.69) is 36.0 Å². The number of likely N-dealkylation sites (tertiary alicyclic amines) is 2. The number of nitrogens with one attached hydrogen (secondary N) is 1. The lowest BCUT2D eigenvalue weighted by Crippen LogP contribution is -2.57. The molecule has 134 valence electrons. The van der Waals surface area contributed by atoms with Crippen molar-refractivity contribution in [3.8, 4) is 0 Å². The van der Waals surface area contributed by atoms with Crippen molar-refractivity contribution < 1.29 is 9.53 Å². The maximum atomic E-state index is 12.6. The summed E-state index contributed by atoms with van der Waals surface area (Å²) in [4.78, 5) is 17.1. The average Bonchev–Trinajstić information content (AvgIpc) is 2.52. The van der Waals surface area contributed by atoms with Crippen LogP contribution in [0.2, 0.25) is 0 Å². The molecule has 23 heavy (non-hydrogen) atoms. The Kier molecular flexibility index (Phi) is 7.15. The van der Waals surface area contributed by atoms with Gasteiger partial charge in [0, 0.05) is 32.3 Å². The summed E-state index contributed by atoms with van der Waals surface area (Å²) in [7, 11) is 2.19. The van der Waals surface area contributed by atoms with E-state index in [1.165, 1.54) is 6.42 Å². The molecule has 0 aromatic heterocycles. The molecule has 2 saturated heterocycles. The quantitative estimate of drug-likeness (QED) is 0.816. The molecule has 0 aromatic rings. The molecule has 3 unspecified atom stereocenters. The van der Waals surface area contributed by atoms with Crippen LogP contribution in [0.25, 0.3) is 0 Å². The Hall–Kier alpha value is -0.810. The number of urea groups is 1. The first-order chi connectivity index (χ1) is 11.0. The smallest absolute Gasteiger partial charge is 0.317 e. The molecule has 0 saturated carbocycles. The number of amides is 2. The van der Waals surface area contributed by atoms with Gasteiger partial charge in [0.15, 0.2) is 0 Å². The molecule has 1 N–H and O–H groups in total. The average molecular weight is 325 g/mol. The van der Waals surface area contributed by atoms with Crippen LogP contribution in [0, 0.1) is 11.8 Å². The summed E-state index contributed by atoms with van der Waals surface area (Å²) in [5, 5.41) is 3.13. The summed E-state index contributed by atoms with van der Waals surface area (Å²) in [5.74, 6) is 1.14. The Bertz CT molecular complexity index is 375. The standard InChI is InChI=1S/C18H35N3O2/c1-5-23-17(14(2)3)8-10-19-18(22)21-11-6-7-15-13-20(4)12-9-16(15)21/h14-17H,5-13H2,1-4H3,(H,19,22). The highest BCUT2D eigenvalue weighted by Crippen LogP contribution is 2.30. The lowest BCUT2D eigenvalue weighted by atomic mass is 9.84. The van der Waals surface area contributed by atoms with Crippen molar-refractivity contribution in [2.24, 2.45) is 11.8 Å². The van der Waals surface area contributed by atoms with Crippen LogP contribution < -0.4 is 5.32 Å². The highest BCUT2D eigenvalue weighted by Gasteiger charge is 2.37. The molecule has 2 rings (SSSR count). The van der Waals surface area contributed by atoms with Gasteiger partial charge in [-0.2, -0.15) is 0 Å². The van der Waals surface area contributed by atoms with E-state index in [1.54, 1.807) is 0 Å². The van der Waals surface area contributed by atoms with Gasteiger partial charge in [-0.3, -0.25) is 0 Å². The minimum absolute atomic E-state index is 0.128. The Balaban J connectivity index is 1.80. The third-order valence-electron chi connectivity index (χ3n) is 5.36. The zero-order chi connectivity index (χ0) is 16.8. The normalized spacial score (nSPS) is 26.9. The van der Waals surface area contributed by atoms with Crippen molar-refractivity contribution >= 4 is 6.03 Å². The third-order valence-corrected chi connectivity index (χ3v) is 5.36. The van der Waals surface area contributed by atoms with Crippen molar-refractivity contribution in [1.29, 1.82) is 0 Å². The molecule has 2 aliphatic heterocycles. The molecular formula is C18H35N3O2. The predicted molar refractivity (Wildman–Crippen MR) is 93.6 cm³/mol. The van der Waals surface area contributed by atoms with Crippen molar-refractivity contribution in [3.05, 3.63) is 0 Å². The fourth-order valence-electron chi connectivity index (χ4n) is 4.08. The van der Waals surface area contributed by atoms with Gasteiger partial charge in [0.2, 0.25) is 0 Å². The second-order valence-corrected chi connectivity index (χ2v) is 7.47. The van der Waals surface area contributed by atoms with E-state index in [-0.39, 0.29) is 12.1 Å². The molecule has 0 aromatic carbocycles. The molecule has 2 amide bonds. The first kappa shape index (κ1) is 18.5. The van der Waals surface area contributed by atoms with Crippen LogP contribution in [-0.2, 0) is 4.74 Å². The van der Waals surface area contributed by atoms with Crippen LogP contribution in [0.4, 0.5) is 4.79 Å². The number of rotatable bonds is 6. The Labute approximate surface area is 141 Å². The number of piperidine rings is 2. The highest BCUT2D eigenvalue weighted by molar-refractivity contribution is 5.74. The maximum Gasteiger partial charge on any atom is 0.317 e. The second kappa shape index (κ2) is 8.88. The summed E-state index contributed by atoms with van der Waals surface area (Å²) in [6.07, 6.45) is 4.64. The van der Waals surface area contributed by atoms with Crippen molar-refractivity contribution in [2.75, 3.05) is 39.8 Å². The van der Waals surface area contributed by atoms with Crippen molar-refractivity contribution in [3.63, 3.8) is 0 Å². The molecule has 0 bridgehead atoms. The summed E-state index contributed by atoms with van der Waals surface area (Å²) < 4.78 is 5.76. The zero-order valence-corrected chi connectivity index (χ0v) is 15.4. The molecule has 0 spiro atoms. The third kappa shape index (κ3) is 5.08. The lowest BCUT2D eigenvalue weighted by Gasteiger charge is -2.46. The fraction of sp³-hybridized carbons (Fsp3) is 0.944. The van der Waals surface area contributed by atoms with E-state index in [0.29, 0.717) is 24.4 Å². The molecule has 2 fully saturated rings. The van der Waals surface area contributed by atoms with Gasteiger partial charge < -0.3 is 19.9 Å². The number of nitrogens with zero attached hydrogens (tertiary/aromatic N) is 2. The minimum Gasteiger partial charge on any atom is -0.378 e. The van der Waals surface area contributed by atoms with Crippen molar-refractivity contribution in [1.82, 2.24) is 15.1 Å². The van der Waals surface area contributed by atoms with E-state index in [0.717, 1.165) is 45.5 Å². The molecular weight excluding hydrogens is 290 g/mol. The van der Waals surface area contributed by atoms with Crippen LogP contribution in [0.3, 0.4) is 0 Å².